The van der Waals surface area contributed by atoms with Crippen LogP contribution in [0.2, 0.25) is 0 Å². The van der Waals surface area contributed by atoms with E-state index < -0.39 is 11.9 Å². The Hall–Kier alpha value is -0.850. The monoisotopic (exact) mass is 323 g/mol. The van der Waals surface area contributed by atoms with Gasteiger partial charge in [-0.1, -0.05) is 22.9 Å². The van der Waals surface area contributed by atoms with Crippen molar-refractivity contribution in [1.29, 1.82) is 0 Å². The molecule has 1 fully saturated rings. The first-order chi connectivity index (χ1) is 8.38. The molecule has 0 aromatic carbocycles. The van der Waals surface area contributed by atoms with Crippen LogP contribution in [-0.2, 0) is 6.18 Å². The number of aromatic nitrogens is 2. The third-order valence-electron chi connectivity index (χ3n) is 3.08. The topological polar surface area (TPSA) is 29.0 Å². The fourth-order valence-corrected chi connectivity index (χ4v) is 2.48. The summed E-state index contributed by atoms with van der Waals surface area (Å²) in [5.41, 5.74) is -0.891. The fourth-order valence-electron chi connectivity index (χ4n) is 1.86. The minimum atomic E-state index is -4.42. The van der Waals surface area contributed by atoms with Crippen LogP contribution in [0.1, 0.15) is 19.0 Å². The maximum absolute atomic E-state index is 12.6. The van der Waals surface area contributed by atoms with Crippen molar-refractivity contribution in [2.75, 3.05) is 18.0 Å². The van der Waals surface area contributed by atoms with Crippen LogP contribution in [0, 0.1) is 5.92 Å². The van der Waals surface area contributed by atoms with Crippen LogP contribution in [0.4, 0.5) is 19.1 Å². The third-order valence-corrected chi connectivity index (χ3v) is 4.27. The lowest BCUT2D eigenvalue weighted by atomic mass is 9.99. The maximum Gasteiger partial charge on any atom is 0.433 e. The van der Waals surface area contributed by atoms with Crippen molar-refractivity contribution in [2.45, 2.75) is 24.3 Å². The second-order valence-corrected chi connectivity index (χ2v) is 5.64. The van der Waals surface area contributed by atoms with E-state index in [2.05, 4.69) is 32.8 Å². The maximum atomic E-state index is 12.6. The lowest BCUT2D eigenvalue weighted by Gasteiger charge is -2.34. The van der Waals surface area contributed by atoms with Gasteiger partial charge >= 0.3 is 6.18 Å². The minimum absolute atomic E-state index is 0.154. The standard InChI is InChI=1S/C11H13BrF3N3/c1-7-3-5-18(6-8(7)12)10-16-4-2-9(17-10)11(13,14)15/h2,4,7-8H,3,5-6H2,1H3. The van der Waals surface area contributed by atoms with E-state index in [0.29, 0.717) is 19.0 Å². The molecular weight excluding hydrogens is 311 g/mol. The van der Waals surface area contributed by atoms with Gasteiger partial charge in [-0.25, -0.2) is 9.97 Å². The van der Waals surface area contributed by atoms with Crippen LogP contribution in [0.5, 0.6) is 0 Å². The van der Waals surface area contributed by atoms with Crippen molar-refractivity contribution in [1.82, 2.24) is 9.97 Å². The Morgan fingerprint density at radius 1 is 1.44 bits per heavy atom. The highest BCUT2D eigenvalue weighted by molar-refractivity contribution is 9.09. The Kier molecular flexibility index (Phi) is 3.79. The Morgan fingerprint density at radius 3 is 2.78 bits per heavy atom. The first-order valence-corrected chi connectivity index (χ1v) is 6.59. The molecule has 0 amide bonds. The predicted octanol–water partition coefficient (Wildman–Crippen LogP) is 3.11. The van der Waals surface area contributed by atoms with Gasteiger partial charge in [0.1, 0.15) is 5.69 Å². The van der Waals surface area contributed by atoms with E-state index in [1.165, 1.54) is 0 Å². The van der Waals surface area contributed by atoms with Crippen molar-refractivity contribution < 1.29 is 13.2 Å². The number of piperidine rings is 1. The molecule has 100 valence electrons. The summed E-state index contributed by atoms with van der Waals surface area (Å²) in [5, 5.41) is 0. The number of hydrogen-bond acceptors (Lipinski definition) is 3. The Morgan fingerprint density at radius 2 is 2.17 bits per heavy atom. The molecule has 2 rings (SSSR count). The smallest absolute Gasteiger partial charge is 0.340 e. The Labute approximate surface area is 112 Å². The molecule has 2 unspecified atom stereocenters. The number of nitrogens with zero attached hydrogens (tertiary/aromatic N) is 3. The second kappa shape index (κ2) is 5.03. The van der Waals surface area contributed by atoms with Crippen LogP contribution < -0.4 is 4.90 Å². The van der Waals surface area contributed by atoms with Gasteiger partial charge in [-0.2, -0.15) is 13.2 Å². The Bertz CT molecular complexity index is 424. The molecule has 1 saturated heterocycles. The summed E-state index contributed by atoms with van der Waals surface area (Å²) in [4.78, 5) is 9.57. The lowest BCUT2D eigenvalue weighted by molar-refractivity contribution is -0.141. The minimum Gasteiger partial charge on any atom is -0.340 e. The van der Waals surface area contributed by atoms with Crippen LogP contribution in [0.3, 0.4) is 0 Å². The van der Waals surface area contributed by atoms with E-state index in [9.17, 15) is 13.2 Å². The van der Waals surface area contributed by atoms with Gasteiger partial charge in [-0.05, 0) is 18.4 Å². The van der Waals surface area contributed by atoms with E-state index >= 15 is 0 Å². The zero-order valence-electron chi connectivity index (χ0n) is 9.78. The first kappa shape index (κ1) is 13.6. The van der Waals surface area contributed by atoms with E-state index in [-0.39, 0.29) is 10.8 Å². The molecule has 0 aliphatic carbocycles. The summed E-state index contributed by atoms with van der Waals surface area (Å²) in [6.45, 7) is 3.43. The summed E-state index contributed by atoms with van der Waals surface area (Å²) in [6, 6.07) is 0.891. The molecule has 3 nitrogen and oxygen atoms in total. The second-order valence-electron chi connectivity index (χ2n) is 4.47. The zero-order valence-corrected chi connectivity index (χ0v) is 11.4. The quantitative estimate of drug-likeness (QED) is 0.744. The van der Waals surface area contributed by atoms with Gasteiger partial charge in [-0.3, -0.25) is 0 Å². The molecule has 0 saturated carbocycles. The van der Waals surface area contributed by atoms with E-state index in [4.69, 9.17) is 0 Å². The van der Waals surface area contributed by atoms with Crippen molar-refractivity contribution in [2.24, 2.45) is 5.92 Å². The highest BCUT2D eigenvalue weighted by atomic mass is 79.9. The van der Waals surface area contributed by atoms with Crippen LogP contribution in [-0.4, -0.2) is 27.9 Å². The molecule has 0 bridgehead atoms. The zero-order chi connectivity index (χ0) is 13.3. The average molecular weight is 324 g/mol. The summed E-state index contributed by atoms with van der Waals surface area (Å²) in [7, 11) is 0. The summed E-state index contributed by atoms with van der Waals surface area (Å²) in [5.74, 6) is 0.660. The molecule has 7 heteroatoms. The molecule has 1 aliphatic heterocycles. The van der Waals surface area contributed by atoms with Crippen molar-refractivity contribution in [3.63, 3.8) is 0 Å². The molecule has 2 heterocycles. The predicted molar refractivity (Wildman–Crippen MR) is 65.7 cm³/mol. The lowest BCUT2D eigenvalue weighted by Crippen LogP contribution is -2.41. The summed E-state index contributed by atoms with van der Waals surface area (Å²) < 4.78 is 37.7. The van der Waals surface area contributed by atoms with Crippen molar-refractivity contribution in [3.05, 3.63) is 18.0 Å². The van der Waals surface area contributed by atoms with Crippen LogP contribution in [0.15, 0.2) is 12.3 Å². The average Bonchev–Trinajstić information content (AvgIpc) is 2.32. The largest absolute Gasteiger partial charge is 0.433 e. The van der Waals surface area contributed by atoms with E-state index in [1.807, 2.05) is 0 Å². The number of hydrogen-bond donors (Lipinski definition) is 0. The molecule has 2 atom stereocenters. The van der Waals surface area contributed by atoms with Crippen molar-refractivity contribution in [3.8, 4) is 0 Å². The molecule has 18 heavy (non-hydrogen) atoms. The van der Waals surface area contributed by atoms with E-state index in [1.54, 1.807) is 4.90 Å². The molecular formula is C11H13BrF3N3. The molecule has 0 spiro atoms. The molecule has 1 aromatic rings. The molecule has 0 radical (unpaired) electrons. The molecule has 1 aliphatic rings. The fraction of sp³-hybridized carbons (Fsp3) is 0.636. The van der Waals surface area contributed by atoms with Gasteiger partial charge < -0.3 is 4.90 Å². The van der Waals surface area contributed by atoms with Gasteiger partial charge in [-0.15, -0.1) is 0 Å². The van der Waals surface area contributed by atoms with Gasteiger partial charge in [0.15, 0.2) is 0 Å². The molecule has 1 aromatic heterocycles. The van der Waals surface area contributed by atoms with Gasteiger partial charge in [0.25, 0.3) is 0 Å². The first-order valence-electron chi connectivity index (χ1n) is 5.67. The summed E-state index contributed by atoms with van der Waals surface area (Å²) >= 11 is 3.53. The Balaban J connectivity index is 2.19. The highest BCUT2D eigenvalue weighted by Crippen LogP contribution is 2.30. The van der Waals surface area contributed by atoms with Gasteiger partial charge in [0, 0.05) is 24.1 Å². The number of alkyl halides is 4. The number of halogens is 4. The number of anilines is 1. The van der Waals surface area contributed by atoms with Gasteiger partial charge in [0.2, 0.25) is 5.95 Å². The van der Waals surface area contributed by atoms with E-state index in [0.717, 1.165) is 18.7 Å². The molecule has 0 N–H and O–H groups in total. The van der Waals surface area contributed by atoms with Crippen molar-refractivity contribution >= 4 is 21.9 Å². The SMILES string of the molecule is CC1CCN(c2nccc(C(F)(F)F)n2)CC1Br. The highest BCUT2D eigenvalue weighted by Gasteiger charge is 2.34. The normalized spacial score (nSPS) is 25.3. The van der Waals surface area contributed by atoms with Crippen LogP contribution in [0.25, 0.3) is 0 Å². The third kappa shape index (κ3) is 2.93. The van der Waals surface area contributed by atoms with Crippen LogP contribution >= 0.6 is 15.9 Å². The summed E-state index contributed by atoms with van der Waals surface area (Å²) in [6.07, 6.45) is -2.35. The number of rotatable bonds is 1. The van der Waals surface area contributed by atoms with Gasteiger partial charge in [0.05, 0.1) is 0 Å².